The van der Waals surface area contributed by atoms with Gasteiger partial charge in [0.15, 0.2) is 5.13 Å². The Bertz CT molecular complexity index is 621. The van der Waals surface area contributed by atoms with E-state index in [2.05, 4.69) is 15.3 Å². The number of fused-ring (bicyclic) bond motifs is 1. The van der Waals surface area contributed by atoms with E-state index < -0.39 is 11.9 Å². The first-order valence-electron chi connectivity index (χ1n) is 6.05. The Kier molecular flexibility index (Phi) is 2.94. The van der Waals surface area contributed by atoms with Crippen LogP contribution in [0, 0.1) is 6.92 Å². The second kappa shape index (κ2) is 4.62. The quantitative estimate of drug-likeness (QED) is 0.900. The highest BCUT2D eigenvalue weighted by Crippen LogP contribution is 2.39. The lowest BCUT2D eigenvalue weighted by Crippen LogP contribution is -2.08. The lowest BCUT2D eigenvalue weighted by Gasteiger charge is -2.03. The molecule has 0 bridgehead atoms. The van der Waals surface area contributed by atoms with Crippen LogP contribution >= 0.6 is 11.3 Å². The van der Waals surface area contributed by atoms with Gasteiger partial charge >= 0.3 is 5.97 Å². The molecule has 6 heteroatoms. The number of nitrogens with zero attached hydrogens (tertiary/aromatic N) is 2. The minimum Gasteiger partial charge on any atom is -0.481 e. The van der Waals surface area contributed by atoms with Crippen molar-refractivity contribution in [3.63, 3.8) is 0 Å². The zero-order valence-electron chi connectivity index (χ0n) is 10.4. The Morgan fingerprint density at radius 2 is 2.37 bits per heavy atom. The van der Waals surface area contributed by atoms with Crippen LogP contribution in [-0.2, 0) is 11.2 Å². The van der Waals surface area contributed by atoms with Gasteiger partial charge in [0.1, 0.15) is 5.92 Å². The average molecular weight is 275 g/mol. The largest absolute Gasteiger partial charge is 0.481 e. The molecule has 1 unspecified atom stereocenters. The first kappa shape index (κ1) is 12.1. The molecule has 3 rings (SSSR count). The molecule has 0 spiro atoms. The summed E-state index contributed by atoms with van der Waals surface area (Å²) in [4.78, 5) is 20.8. The van der Waals surface area contributed by atoms with Crippen molar-refractivity contribution in [3.8, 4) is 0 Å². The van der Waals surface area contributed by atoms with Crippen molar-refractivity contribution >= 4 is 28.1 Å². The summed E-state index contributed by atoms with van der Waals surface area (Å²) in [5, 5.41) is 13.0. The van der Waals surface area contributed by atoms with Crippen LogP contribution in [0.5, 0.6) is 0 Å². The number of carboxylic acids is 1. The summed E-state index contributed by atoms with van der Waals surface area (Å²) >= 11 is 1.53. The molecule has 0 saturated carbocycles. The van der Waals surface area contributed by atoms with Crippen molar-refractivity contribution in [1.82, 2.24) is 9.97 Å². The monoisotopic (exact) mass is 275 g/mol. The number of aliphatic carboxylic acids is 1. The van der Waals surface area contributed by atoms with Crippen LogP contribution in [0.4, 0.5) is 10.8 Å². The molecular weight excluding hydrogens is 262 g/mol. The maximum absolute atomic E-state index is 11.1. The van der Waals surface area contributed by atoms with Crippen molar-refractivity contribution < 1.29 is 9.90 Å². The molecule has 1 aliphatic carbocycles. The lowest BCUT2D eigenvalue weighted by molar-refractivity contribution is -0.138. The van der Waals surface area contributed by atoms with Crippen LogP contribution in [0.1, 0.15) is 28.6 Å². The maximum atomic E-state index is 11.1. The van der Waals surface area contributed by atoms with Crippen LogP contribution in [-0.4, -0.2) is 21.0 Å². The van der Waals surface area contributed by atoms with Crippen molar-refractivity contribution in [2.24, 2.45) is 0 Å². The zero-order chi connectivity index (χ0) is 13.4. The van der Waals surface area contributed by atoms with Crippen LogP contribution in [0.25, 0.3) is 0 Å². The molecular formula is C13H13N3O2S. The summed E-state index contributed by atoms with van der Waals surface area (Å²) in [5.41, 5.74) is 2.54. The van der Waals surface area contributed by atoms with Gasteiger partial charge in [-0.05, 0) is 31.9 Å². The second-order valence-electron chi connectivity index (χ2n) is 4.57. The fraction of sp³-hybridized carbons (Fsp3) is 0.308. The Morgan fingerprint density at radius 3 is 3.05 bits per heavy atom. The Hall–Kier alpha value is -1.95. The predicted molar refractivity (Wildman–Crippen MR) is 73.1 cm³/mol. The number of carbonyl (C=O) groups is 1. The molecule has 2 aromatic heterocycles. The van der Waals surface area contributed by atoms with Crippen molar-refractivity contribution in [1.29, 1.82) is 0 Å². The number of nitrogens with one attached hydrogen (secondary N) is 1. The summed E-state index contributed by atoms with van der Waals surface area (Å²) in [7, 11) is 0. The van der Waals surface area contributed by atoms with E-state index >= 15 is 0 Å². The standard InChI is InChI=1S/C13H13N3O2S/c1-7-2-3-8(6-14-7)15-13-16-11-9(12(17)18)4-5-10(11)19-13/h2-3,6,9H,4-5H2,1H3,(H,15,16)(H,17,18). The van der Waals surface area contributed by atoms with E-state index in [0.717, 1.165) is 33.5 Å². The Morgan fingerprint density at radius 1 is 1.53 bits per heavy atom. The topological polar surface area (TPSA) is 75.1 Å². The molecule has 1 aliphatic rings. The molecule has 19 heavy (non-hydrogen) atoms. The zero-order valence-corrected chi connectivity index (χ0v) is 11.2. The fourth-order valence-corrected chi connectivity index (χ4v) is 3.24. The highest BCUT2D eigenvalue weighted by Gasteiger charge is 2.32. The highest BCUT2D eigenvalue weighted by atomic mass is 32.1. The number of aryl methyl sites for hydroxylation is 2. The molecule has 2 aromatic rings. The minimum atomic E-state index is -0.785. The highest BCUT2D eigenvalue weighted by molar-refractivity contribution is 7.15. The molecule has 98 valence electrons. The van der Waals surface area contributed by atoms with Gasteiger partial charge in [0.05, 0.1) is 17.6 Å². The third-order valence-corrected chi connectivity index (χ3v) is 4.22. The molecule has 5 nitrogen and oxygen atoms in total. The number of aromatic nitrogens is 2. The molecule has 2 heterocycles. The molecule has 0 aromatic carbocycles. The smallest absolute Gasteiger partial charge is 0.312 e. The first-order chi connectivity index (χ1) is 9.13. The van der Waals surface area contributed by atoms with Gasteiger partial charge in [0.2, 0.25) is 0 Å². The van der Waals surface area contributed by atoms with E-state index in [4.69, 9.17) is 5.11 Å². The van der Waals surface area contributed by atoms with Crippen LogP contribution < -0.4 is 5.32 Å². The number of thiazole rings is 1. The lowest BCUT2D eigenvalue weighted by atomic mass is 10.1. The summed E-state index contributed by atoms with van der Waals surface area (Å²) < 4.78 is 0. The average Bonchev–Trinajstić information content (AvgIpc) is 2.91. The number of anilines is 2. The van der Waals surface area contributed by atoms with E-state index in [-0.39, 0.29) is 0 Å². The summed E-state index contributed by atoms with van der Waals surface area (Å²) in [6.45, 7) is 1.93. The number of pyridine rings is 1. The van der Waals surface area contributed by atoms with Gasteiger partial charge in [0, 0.05) is 10.6 Å². The number of carboxylic acid groups (broad SMARTS) is 1. The molecule has 0 aliphatic heterocycles. The molecule has 2 N–H and O–H groups in total. The van der Waals surface area contributed by atoms with E-state index in [0.29, 0.717) is 6.42 Å². The molecule has 0 amide bonds. The molecule has 0 radical (unpaired) electrons. The summed E-state index contributed by atoms with van der Waals surface area (Å²) in [6.07, 6.45) is 3.21. The Balaban J connectivity index is 1.82. The third-order valence-electron chi connectivity index (χ3n) is 3.18. The van der Waals surface area contributed by atoms with E-state index in [1.165, 1.54) is 11.3 Å². The summed E-state index contributed by atoms with van der Waals surface area (Å²) in [5.74, 6) is -1.23. The number of hydrogen-bond acceptors (Lipinski definition) is 5. The van der Waals surface area contributed by atoms with Crippen molar-refractivity contribution in [3.05, 3.63) is 34.6 Å². The van der Waals surface area contributed by atoms with Gasteiger partial charge in [-0.25, -0.2) is 4.98 Å². The van der Waals surface area contributed by atoms with Crippen molar-refractivity contribution in [2.45, 2.75) is 25.7 Å². The van der Waals surface area contributed by atoms with Gasteiger partial charge in [-0.15, -0.1) is 11.3 Å². The van der Waals surface area contributed by atoms with E-state index in [1.807, 2.05) is 19.1 Å². The fourth-order valence-electron chi connectivity index (χ4n) is 2.19. The maximum Gasteiger partial charge on any atom is 0.312 e. The van der Waals surface area contributed by atoms with E-state index in [9.17, 15) is 4.79 Å². The van der Waals surface area contributed by atoms with Crippen molar-refractivity contribution in [2.75, 3.05) is 5.32 Å². The normalized spacial score (nSPS) is 17.2. The van der Waals surface area contributed by atoms with E-state index in [1.54, 1.807) is 6.20 Å². The SMILES string of the molecule is Cc1ccc(Nc2nc3c(s2)CCC3C(=O)O)cn1. The predicted octanol–water partition coefficient (Wildman–Crippen LogP) is 2.70. The van der Waals surface area contributed by atoms with Gasteiger partial charge < -0.3 is 10.4 Å². The molecule has 1 atom stereocenters. The van der Waals surface area contributed by atoms with Gasteiger partial charge in [-0.3, -0.25) is 9.78 Å². The van der Waals surface area contributed by atoms with Crippen LogP contribution in [0.3, 0.4) is 0 Å². The minimum absolute atomic E-state index is 0.446. The number of rotatable bonds is 3. The van der Waals surface area contributed by atoms with Gasteiger partial charge in [0.25, 0.3) is 0 Å². The molecule has 0 fully saturated rings. The second-order valence-corrected chi connectivity index (χ2v) is 5.65. The number of hydrogen-bond donors (Lipinski definition) is 2. The summed E-state index contributed by atoms with van der Waals surface area (Å²) in [6, 6.07) is 3.85. The van der Waals surface area contributed by atoms with Crippen LogP contribution in [0.15, 0.2) is 18.3 Å². The third kappa shape index (κ3) is 2.31. The first-order valence-corrected chi connectivity index (χ1v) is 6.87. The van der Waals surface area contributed by atoms with Crippen LogP contribution in [0.2, 0.25) is 0 Å². The molecule has 0 saturated heterocycles. The Labute approximate surface area is 114 Å². The van der Waals surface area contributed by atoms with Gasteiger partial charge in [-0.2, -0.15) is 0 Å². The van der Waals surface area contributed by atoms with Gasteiger partial charge in [-0.1, -0.05) is 0 Å².